The van der Waals surface area contributed by atoms with E-state index in [1.165, 1.54) is 0 Å². The zero-order valence-electron chi connectivity index (χ0n) is 13.7. The Morgan fingerprint density at radius 1 is 1.00 bits per heavy atom. The Balaban J connectivity index is 3.54. The van der Waals surface area contributed by atoms with E-state index in [0.717, 1.165) is 38.5 Å². The number of rotatable bonds is 13. The second-order valence-corrected chi connectivity index (χ2v) is 5.20. The van der Waals surface area contributed by atoms with Gasteiger partial charge in [0.25, 0.3) is 0 Å². The minimum Gasteiger partial charge on any atom is -0.481 e. The Kier molecular flexibility index (Phi) is 14.6. The number of allylic oxidation sites excluding steroid dienone is 6. The Morgan fingerprint density at radius 2 is 1.82 bits per heavy atom. The lowest BCUT2D eigenvalue weighted by Crippen LogP contribution is -1.98. The number of aliphatic hydroxyl groups is 1. The van der Waals surface area contributed by atoms with Gasteiger partial charge in [-0.25, -0.2) is 0 Å². The van der Waals surface area contributed by atoms with Crippen LogP contribution in [-0.2, 0) is 4.79 Å². The van der Waals surface area contributed by atoms with E-state index in [0.29, 0.717) is 6.42 Å². The number of aliphatic carboxylic acids is 1. The van der Waals surface area contributed by atoms with Crippen molar-refractivity contribution in [1.82, 2.24) is 0 Å². The Labute approximate surface area is 134 Å². The zero-order chi connectivity index (χ0) is 16.5. The Bertz CT molecular complexity index is 378. The minimum atomic E-state index is -0.708. The molecular weight excluding hydrogens is 276 g/mol. The van der Waals surface area contributed by atoms with Crippen LogP contribution in [0.2, 0.25) is 0 Å². The molecule has 0 saturated heterocycles. The molecule has 0 aromatic carbocycles. The molecule has 0 heterocycles. The van der Waals surface area contributed by atoms with Gasteiger partial charge >= 0.3 is 5.97 Å². The van der Waals surface area contributed by atoms with E-state index in [-0.39, 0.29) is 6.42 Å². The van der Waals surface area contributed by atoms with E-state index in [4.69, 9.17) is 5.11 Å². The molecule has 3 nitrogen and oxygen atoms in total. The van der Waals surface area contributed by atoms with Gasteiger partial charge in [-0.15, -0.1) is 0 Å². The van der Waals surface area contributed by atoms with Crippen molar-refractivity contribution < 1.29 is 15.0 Å². The maximum absolute atomic E-state index is 10.3. The van der Waals surface area contributed by atoms with Crippen LogP contribution in [0.4, 0.5) is 0 Å². The molecule has 0 amide bonds. The van der Waals surface area contributed by atoms with Crippen molar-refractivity contribution in [3.63, 3.8) is 0 Å². The molecule has 0 radical (unpaired) electrons. The monoisotopic (exact) mass is 306 g/mol. The summed E-state index contributed by atoms with van der Waals surface area (Å²) in [4.78, 5) is 10.3. The van der Waals surface area contributed by atoms with Gasteiger partial charge in [-0.2, -0.15) is 0 Å². The first-order valence-electron chi connectivity index (χ1n) is 8.20. The second kappa shape index (κ2) is 15.8. The molecule has 3 heteroatoms. The first-order chi connectivity index (χ1) is 10.7. The van der Waals surface area contributed by atoms with Crippen LogP contribution in [0.25, 0.3) is 0 Å². The SMILES string of the molecule is CC/C=C\CC(O)/C=C/C=C\C/C=C\CCCCCC(=O)O. The molecule has 0 fully saturated rings. The van der Waals surface area contributed by atoms with E-state index in [9.17, 15) is 9.90 Å². The molecular formula is C19H30O3. The highest BCUT2D eigenvalue weighted by Gasteiger charge is 1.94. The fourth-order valence-electron chi connectivity index (χ4n) is 1.84. The molecule has 2 N–H and O–H groups in total. The zero-order valence-corrected chi connectivity index (χ0v) is 13.7. The molecule has 0 aromatic rings. The molecule has 0 aliphatic rings. The molecule has 1 atom stereocenters. The molecule has 0 bridgehead atoms. The standard InChI is InChI=1S/C19H30O3/c1-2-3-12-15-18(20)16-13-10-8-6-4-5-7-9-11-14-17-19(21)22/h3-5,8,10,12-13,16,18,20H,2,6-7,9,11,14-15,17H2,1H3,(H,21,22)/b5-4-,10-8-,12-3-,16-13+. The van der Waals surface area contributed by atoms with Gasteiger partial charge in [0, 0.05) is 6.42 Å². The summed E-state index contributed by atoms with van der Waals surface area (Å²) >= 11 is 0. The fourth-order valence-corrected chi connectivity index (χ4v) is 1.84. The molecule has 124 valence electrons. The molecule has 0 aromatic heterocycles. The third-order valence-corrected chi connectivity index (χ3v) is 3.06. The molecule has 0 spiro atoms. The van der Waals surface area contributed by atoms with Crippen LogP contribution in [0.3, 0.4) is 0 Å². The van der Waals surface area contributed by atoms with Gasteiger partial charge in [0.2, 0.25) is 0 Å². The van der Waals surface area contributed by atoms with Crippen LogP contribution in [0.1, 0.15) is 58.3 Å². The van der Waals surface area contributed by atoms with Crippen molar-refractivity contribution >= 4 is 5.97 Å². The van der Waals surface area contributed by atoms with Gasteiger partial charge < -0.3 is 10.2 Å². The highest BCUT2D eigenvalue weighted by Crippen LogP contribution is 2.04. The van der Waals surface area contributed by atoms with Gasteiger partial charge in [-0.05, 0) is 38.5 Å². The van der Waals surface area contributed by atoms with E-state index in [1.807, 2.05) is 24.3 Å². The van der Waals surface area contributed by atoms with Crippen molar-refractivity contribution in [3.8, 4) is 0 Å². The number of carboxylic acid groups (broad SMARTS) is 1. The highest BCUT2D eigenvalue weighted by atomic mass is 16.4. The second-order valence-electron chi connectivity index (χ2n) is 5.20. The molecule has 1 unspecified atom stereocenters. The summed E-state index contributed by atoms with van der Waals surface area (Å²) in [7, 11) is 0. The lowest BCUT2D eigenvalue weighted by atomic mass is 10.1. The number of hydrogen-bond donors (Lipinski definition) is 2. The number of aliphatic hydroxyl groups excluding tert-OH is 1. The lowest BCUT2D eigenvalue weighted by molar-refractivity contribution is -0.137. The van der Waals surface area contributed by atoms with Crippen LogP contribution < -0.4 is 0 Å². The van der Waals surface area contributed by atoms with Gasteiger partial charge in [0.1, 0.15) is 0 Å². The largest absolute Gasteiger partial charge is 0.481 e. The molecule has 22 heavy (non-hydrogen) atoms. The van der Waals surface area contributed by atoms with Gasteiger partial charge in [0.15, 0.2) is 0 Å². The van der Waals surface area contributed by atoms with Crippen LogP contribution in [0, 0.1) is 0 Å². The third kappa shape index (κ3) is 16.4. The van der Waals surface area contributed by atoms with Gasteiger partial charge in [-0.3, -0.25) is 4.79 Å². The normalized spacial score (nSPS) is 13.9. The summed E-state index contributed by atoms with van der Waals surface area (Å²) < 4.78 is 0. The summed E-state index contributed by atoms with van der Waals surface area (Å²) in [5, 5.41) is 18.1. The molecule has 0 aliphatic heterocycles. The summed E-state index contributed by atoms with van der Waals surface area (Å²) in [6.45, 7) is 2.07. The summed E-state index contributed by atoms with van der Waals surface area (Å²) in [5.41, 5.74) is 0. The summed E-state index contributed by atoms with van der Waals surface area (Å²) in [6.07, 6.45) is 22.2. The van der Waals surface area contributed by atoms with Crippen LogP contribution in [0.15, 0.2) is 48.6 Å². The molecule has 0 aliphatic carbocycles. The van der Waals surface area contributed by atoms with Crippen molar-refractivity contribution in [1.29, 1.82) is 0 Å². The van der Waals surface area contributed by atoms with Crippen molar-refractivity contribution in [2.75, 3.05) is 0 Å². The van der Waals surface area contributed by atoms with Gasteiger partial charge in [0.05, 0.1) is 6.10 Å². The van der Waals surface area contributed by atoms with E-state index in [2.05, 4.69) is 25.2 Å². The van der Waals surface area contributed by atoms with Gasteiger partial charge in [-0.1, -0.05) is 62.0 Å². The van der Waals surface area contributed by atoms with E-state index >= 15 is 0 Å². The molecule has 0 rings (SSSR count). The topological polar surface area (TPSA) is 57.5 Å². The average molecular weight is 306 g/mol. The van der Waals surface area contributed by atoms with Crippen molar-refractivity contribution in [2.45, 2.75) is 64.4 Å². The summed E-state index contributed by atoms with van der Waals surface area (Å²) in [5.74, 6) is -0.708. The predicted octanol–water partition coefficient (Wildman–Crippen LogP) is 4.80. The maximum atomic E-state index is 10.3. The predicted molar refractivity (Wildman–Crippen MR) is 92.8 cm³/mol. The maximum Gasteiger partial charge on any atom is 0.303 e. The first kappa shape index (κ1) is 20.4. The Hall–Kier alpha value is -1.61. The smallest absolute Gasteiger partial charge is 0.303 e. The Morgan fingerprint density at radius 3 is 2.55 bits per heavy atom. The lowest BCUT2D eigenvalue weighted by Gasteiger charge is -1.98. The van der Waals surface area contributed by atoms with Crippen LogP contribution in [-0.4, -0.2) is 22.3 Å². The fraction of sp³-hybridized carbons (Fsp3) is 0.526. The first-order valence-corrected chi connectivity index (χ1v) is 8.20. The number of unbranched alkanes of at least 4 members (excludes halogenated alkanes) is 3. The average Bonchev–Trinajstić information content (AvgIpc) is 2.48. The quantitative estimate of drug-likeness (QED) is 0.292. The van der Waals surface area contributed by atoms with Crippen LogP contribution in [0.5, 0.6) is 0 Å². The minimum absolute atomic E-state index is 0.277. The van der Waals surface area contributed by atoms with Crippen molar-refractivity contribution in [2.24, 2.45) is 0 Å². The third-order valence-electron chi connectivity index (χ3n) is 3.06. The highest BCUT2D eigenvalue weighted by molar-refractivity contribution is 5.66. The summed E-state index contributed by atoms with van der Waals surface area (Å²) in [6, 6.07) is 0. The van der Waals surface area contributed by atoms with Crippen molar-refractivity contribution in [3.05, 3.63) is 48.6 Å². The number of carbonyl (C=O) groups is 1. The molecule has 0 saturated carbocycles. The van der Waals surface area contributed by atoms with E-state index < -0.39 is 12.1 Å². The van der Waals surface area contributed by atoms with E-state index in [1.54, 1.807) is 6.08 Å². The number of carboxylic acids is 1. The van der Waals surface area contributed by atoms with Crippen LogP contribution >= 0.6 is 0 Å². The number of hydrogen-bond acceptors (Lipinski definition) is 2.